The van der Waals surface area contributed by atoms with Crippen LogP contribution in [0.4, 0.5) is 4.39 Å². The van der Waals surface area contributed by atoms with Crippen LogP contribution in [0.25, 0.3) is 0 Å². The molecule has 23 heavy (non-hydrogen) atoms. The van der Waals surface area contributed by atoms with Gasteiger partial charge in [-0.05, 0) is 36.5 Å². The van der Waals surface area contributed by atoms with Gasteiger partial charge in [-0.15, -0.1) is 12.4 Å². The lowest BCUT2D eigenvalue weighted by atomic mass is 10.0. The van der Waals surface area contributed by atoms with E-state index < -0.39 is 6.04 Å². The molecule has 1 amide bonds. The molecule has 1 saturated heterocycles. The highest BCUT2D eigenvalue weighted by molar-refractivity contribution is 5.85. The van der Waals surface area contributed by atoms with E-state index in [4.69, 9.17) is 10.5 Å². The predicted octanol–water partition coefficient (Wildman–Crippen LogP) is 2.74. The minimum Gasteiger partial charge on any atom is -0.373 e. The zero-order valence-electron chi connectivity index (χ0n) is 13.7. The lowest BCUT2D eigenvalue weighted by Crippen LogP contribution is -2.50. The maximum atomic E-state index is 12.8. The Morgan fingerprint density at radius 1 is 1.30 bits per heavy atom. The highest BCUT2D eigenvalue weighted by Gasteiger charge is 2.27. The number of nitrogens with zero attached hydrogens (tertiary/aromatic N) is 1. The van der Waals surface area contributed by atoms with Gasteiger partial charge in [0.05, 0.1) is 18.8 Å². The number of carbonyl (C=O) groups excluding carboxylic acids is 1. The second-order valence-corrected chi connectivity index (χ2v) is 6.23. The normalized spacial score (nSPS) is 17.0. The van der Waals surface area contributed by atoms with Crippen LogP contribution in [0.15, 0.2) is 24.3 Å². The van der Waals surface area contributed by atoms with Gasteiger partial charge in [-0.2, -0.15) is 0 Å². The average molecular weight is 345 g/mol. The fourth-order valence-corrected chi connectivity index (χ4v) is 2.53. The van der Waals surface area contributed by atoms with Gasteiger partial charge in [-0.1, -0.05) is 26.0 Å². The molecule has 1 aliphatic rings. The minimum atomic E-state index is -0.420. The number of hydrogen-bond acceptors (Lipinski definition) is 3. The second kappa shape index (κ2) is 9.21. The third kappa shape index (κ3) is 5.75. The Morgan fingerprint density at radius 2 is 1.87 bits per heavy atom. The lowest BCUT2D eigenvalue weighted by molar-refractivity contribution is -0.136. The molecule has 2 rings (SSSR count). The Kier molecular flexibility index (Phi) is 7.95. The molecule has 0 bridgehead atoms. The highest BCUT2D eigenvalue weighted by Crippen LogP contribution is 2.17. The van der Waals surface area contributed by atoms with E-state index in [1.54, 1.807) is 12.1 Å². The quantitative estimate of drug-likeness (QED) is 0.893. The van der Waals surface area contributed by atoms with Crippen molar-refractivity contribution >= 4 is 18.3 Å². The fourth-order valence-electron chi connectivity index (χ4n) is 2.53. The van der Waals surface area contributed by atoms with Crippen molar-refractivity contribution in [3.05, 3.63) is 35.6 Å². The molecule has 0 unspecified atom stereocenters. The number of benzene rings is 1. The summed E-state index contributed by atoms with van der Waals surface area (Å²) in [6, 6.07) is 5.92. The molecule has 1 heterocycles. The van der Waals surface area contributed by atoms with Crippen molar-refractivity contribution in [3.8, 4) is 0 Å². The third-order valence-corrected chi connectivity index (χ3v) is 4.16. The number of ether oxygens (including phenoxy) is 1. The number of hydrogen-bond donors (Lipinski definition) is 1. The Morgan fingerprint density at radius 3 is 2.39 bits per heavy atom. The predicted molar refractivity (Wildman–Crippen MR) is 90.9 cm³/mol. The first-order chi connectivity index (χ1) is 10.5. The van der Waals surface area contributed by atoms with E-state index in [0.29, 0.717) is 19.7 Å². The first-order valence-electron chi connectivity index (χ1n) is 7.88. The highest BCUT2D eigenvalue weighted by atomic mass is 35.5. The van der Waals surface area contributed by atoms with E-state index >= 15 is 0 Å². The number of amides is 1. The van der Waals surface area contributed by atoms with E-state index in [0.717, 1.165) is 18.4 Å². The molecule has 2 N–H and O–H groups in total. The smallest absolute Gasteiger partial charge is 0.239 e. The van der Waals surface area contributed by atoms with Gasteiger partial charge in [-0.25, -0.2) is 4.39 Å². The van der Waals surface area contributed by atoms with Crippen molar-refractivity contribution in [1.82, 2.24) is 4.90 Å². The van der Waals surface area contributed by atoms with Crippen LogP contribution in [0.3, 0.4) is 0 Å². The third-order valence-electron chi connectivity index (χ3n) is 4.16. The summed E-state index contributed by atoms with van der Waals surface area (Å²) in [5.74, 6) is -0.0519. The largest absolute Gasteiger partial charge is 0.373 e. The van der Waals surface area contributed by atoms with Crippen molar-refractivity contribution in [2.45, 2.75) is 45.4 Å². The number of carbonyl (C=O) groups is 1. The number of piperidine rings is 1. The zero-order valence-corrected chi connectivity index (χ0v) is 14.5. The number of nitrogens with two attached hydrogens (primary N) is 1. The summed E-state index contributed by atoms with van der Waals surface area (Å²) in [7, 11) is 0. The second-order valence-electron chi connectivity index (χ2n) is 6.23. The Balaban J connectivity index is 0.00000264. The summed E-state index contributed by atoms with van der Waals surface area (Å²) in [6.07, 6.45) is 1.78. The van der Waals surface area contributed by atoms with Gasteiger partial charge in [0.2, 0.25) is 5.91 Å². The molecule has 1 aromatic carbocycles. The molecule has 0 aliphatic carbocycles. The van der Waals surface area contributed by atoms with Crippen molar-refractivity contribution in [2.75, 3.05) is 13.1 Å². The molecule has 0 aromatic heterocycles. The van der Waals surface area contributed by atoms with Crippen LogP contribution in [-0.4, -0.2) is 36.0 Å². The Bertz CT molecular complexity index is 488. The average Bonchev–Trinajstić information content (AvgIpc) is 2.53. The van der Waals surface area contributed by atoms with Crippen LogP contribution < -0.4 is 5.73 Å². The van der Waals surface area contributed by atoms with E-state index in [1.165, 1.54) is 12.1 Å². The van der Waals surface area contributed by atoms with E-state index in [9.17, 15) is 9.18 Å². The summed E-state index contributed by atoms with van der Waals surface area (Å²) in [6.45, 7) is 5.77. The Hall–Kier alpha value is -1.17. The molecule has 4 nitrogen and oxygen atoms in total. The van der Waals surface area contributed by atoms with Crippen LogP contribution in [0, 0.1) is 11.7 Å². The number of likely N-dealkylation sites (tertiary alicyclic amines) is 1. The first kappa shape index (κ1) is 19.9. The monoisotopic (exact) mass is 344 g/mol. The minimum absolute atomic E-state index is 0. The van der Waals surface area contributed by atoms with Gasteiger partial charge < -0.3 is 15.4 Å². The topological polar surface area (TPSA) is 55.6 Å². The van der Waals surface area contributed by atoms with Gasteiger partial charge in [0.15, 0.2) is 0 Å². The number of rotatable bonds is 5. The molecule has 130 valence electrons. The van der Waals surface area contributed by atoms with Crippen molar-refractivity contribution in [2.24, 2.45) is 11.7 Å². The standard InChI is InChI=1S/C17H25FN2O2.ClH/c1-12(2)16(19)17(21)20-9-7-15(8-10-20)22-11-13-3-5-14(18)6-4-13;/h3-6,12,15-16H,7-11,19H2,1-2H3;1H/t16-;/m0./s1. The maximum absolute atomic E-state index is 12.8. The summed E-state index contributed by atoms with van der Waals surface area (Å²) < 4.78 is 18.7. The summed E-state index contributed by atoms with van der Waals surface area (Å²) in [4.78, 5) is 14.0. The van der Waals surface area contributed by atoms with E-state index in [-0.39, 0.29) is 36.2 Å². The van der Waals surface area contributed by atoms with Gasteiger partial charge in [0, 0.05) is 13.1 Å². The first-order valence-corrected chi connectivity index (χ1v) is 7.88. The van der Waals surface area contributed by atoms with Gasteiger partial charge in [-0.3, -0.25) is 4.79 Å². The molecule has 0 spiro atoms. The SMILES string of the molecule is CC(C)[C@H](N)C(=O)N1CCC(OCc2ccc(F)cc2)CC1.Cl. The summed E-state index contributed by atoms with van der Waals surface area (Å²) in [5.41, 5.74) is 6.88. The van der Waals surface area contributed by atoms with Crippen LogP contribution in [0.2, 0.25) is 0 Å². The van der Waals surface area contributed by atoms with Gasteiger partial charge >= 0.3 is 0 Å². The zero-order chi connectivity index (χ0) is 16.1. The van der Waals surface area contributed by atoms with Crippen LogP contribution in [-0.2, 0) is 16.1 Å². The molecule has 1 fully saturated rings. The van der Waals surface area contributed by atoms with Gasteiger partial charge in [0.25, 0.3) is 0 Å². The molecule has 1 aromatic rings. The lowest BCUT2D eigenvalue weighted by Gasteiger charge is -2.34. The molecule has 6 heteroatoms. The molecule has 1 atom stereocenters. The summed E-state index contributed by atoms with van der Waals surface area (Å²) >= 11 is 0. The van der Waals surface area contributed by atoms with Crippen LogP contribution in [0.1, 0.15) is 32.3 Å². The molecule has 1 aliphatic heterocycles. The molecule has 0 saturated carbocycles. The number of halogens is 2. The van der Waals surface area contributed by atoms with Crippen molar-refractivity contribution in [3.63, 3.8) is 0 Å². The molecular formula is C17H26ClFN2O2. The maximum Gasteiger partial charge on any atom is 0.239 e. The van der Waals surface area contributed by atoms with Crippen molar-refractivity contribution in [1.29, 1.82) is 0 Å². The van der Waals surface area contributed by atoms with Crippen molar-refractivity contribution < 1.29 is 13.9 Å². The molecule has 0 radical (unpaired) electrons. The Labute approximate surface area is 143 Å². The van der Waals surface area contributed by atoms with Crippen LogP contribution >= 0.6 is 12.4 Å². The van der Waals surface area contributed by atoms with Crippen LogP contribution in [0.5, 0.6) is 0 Å². The molecular weight excluding hydrogens is 319 g/mol. The summed E-state index contributed by atoms with van der Waals surface area (Å²) in [5, 5.41) is 0. The van der Waals surface area contributed by atoms with E-state index in [2.05, 4.69) is 0 Å². The van der Waals surface area contributed by atoms with Gasteiger partial charge in [0.1, 0.15) is 5.82 Å². The van der Waals surface area contributed by atoms with E-state index in [1.807, 2.05) is 18.7 Å². The fraction of sp³-hybridized carbons (Fsp3) is 0.588.